The van der Waals surface area contributed by atoms with Crippen molar-refractivity contribution in [2.75, 3.05) is 6.54 Å². The maximum absolute atomic E-state index is 12.8. The van der Waals surface area contributed by atoms with E-state index < -0.39 is 23.0 Å². The van der Waals surface area contributed by atoms with E-state index in [-0.39, 0.29) is 22.6 Å². The van der Waals surface area contributed by atoms with E-state index in [2.05, 4.69) is 24.1 Å². The average Bonchev–Trinajstić information content (AvgIpc) is 2.87. The molecule has 0 bridgehead atoms. The highest BCUT2D eigenvalue weighted by atomic mass is 19.4. The molecule has 1 aromatic heterocycles. The third-order valence-electron chi connectivity index (χ3n) is 5.00. The first kappa shape index (κ1) is 18.4. The van der Waals surface area contributed by atoms with E-state index in [4.69, 9.17) is 0 Å². The Morgan fingerprint density at radius 2 is 2.08 bits per heavy atom. The van der Waals surface area contributed by atoms with E-state index >= 15 is 0 Å². The molecule has 1 unspecified atom stereocenters. The minimum atomic E-state index is -4.56. The number of alkyl halides is 3. The summed E-state index contributed by atoms with van der Waals surface area (Å²) in [5, 5.41) is 13.4. The second-order valence-corrected chi connectivity index (χ2v) is 7.24. The fraction of sp³-hybridized carbons (Fsp3) is 0.444. The molecule has 1 aliphatic heterocycles. The highest BCUT2D eigenvalue weighted by Crippen LogP contribution is 2.35. The normalized spacial score (nSPS) is 19.7. The van der Waals surface area contributed by atoms with Crippen molar-refractivity contribution in [3.8, 4) is 16.9 Å². The van der Waals surface area contributed by atoms with Gasteiger partial charge in [0.15, 0.2) is 0 Å². The van der Waals surface area contributed by atoms with Crippen LogP contribution < -0.4 is 10.9 Å². The Bertz CT molecular complexity index is 875. The number of nitrogens with one attached hydrogen (secondary N) is 1. The van der Waals surface area contributed by atoms with Gasteiger partial charge in [0.25, 0.3) is 5.56 Å². The fourth-order valence-corrected chi connectivity index (χ4v) is 3.23. The maximum Gasteiger partial charge on any atom is 0.416 e. The van der Waals surface area contributed by atoms with Crippen LogP contribution in [0.25, 0.3) is 11.1 Å². The molecule has 2 heterocycles. The number of nitrogens with zero attached hydrogens (tertiary/aromatic N) is 2. The number of hydrogen-bond donors (Lipinski definition) is 2. The van der Waals surface area contributed by atoms with Gasteiger partial charge in [-0.05, 0) is 36.6 Å². The lowest BCUT2D eigenvalue weighted by Gasteiger charge is -2.27. The van der Waals surface area contributed by atoms with Crippen molar-refractivity contribution >= 4 is 0 Å². The standard InChI is InChI=1S/C18H20F3N3O2/c1-17(2)5-6-23-15(17)9-24-10-22-8-13(16(24)26)12-4-3-11(7-14(12)25)18(19,20)21/h3-4,7-8,10,15,23,25H,5-6,9H2,1-2H3. The Kier molecular flexibility index (Phi) is 4.56. The summed E-state index contributed by atoms with van der Waals surface area (Å²) in [6, 6.07) is 2.64. The quantitative estimate of drug-likeness (QED) is 0.875. The number of rotatable bonds is 3. The highest BCUT2D eigenvalue weighted by molar-refractivity contribution is 5.69. The van der Waals surface area contributed by atoms with Crippen molar-refractivity contribution in [3.63, 3.8) is 0 Å². The molecule has 8 heteroatoms. The molecule has 0 aliphatic carbocycles. The smallest absolute Gasteiger partial charge is 0.416 e. The van der Waals surface area contributed by atoms with Crippen molar-refractivity contribution in [2.45, 2.75) is 39.0 Å². The van der Waals surface area contributed by atoms with Crippen LogP contribution in [-0.4, -0.2) is 27.2 Å². The molecular weight excluding hydrogens is 347 g/mol. The van der Waals surface area contributed by atoms with Gasteiger partial charge in [0.2, 0.25) is 0 Å². The third-order valence-corrected chi connectivity index (χ3v) is 5.00. The number of aromatic nitrogens is 2. The molecular formula is C18H20F3N3O2. The lowest BCUT2D eigenvalue weighted by atomic mass is 9.85. The monoisotopic (exact) mass is 367 g/mol. The van der Waals surface area contributed by atoms with Crippen LogP contribution in [0.15, 0.2) is 35.5 Å². The molecule has 1 atom stereocenters. The Hall–Kier alpha value is -2.35. The zero-order valence-corrected chi connectivity index (χ0v) is 14.5. The van der Waals surface area contributed by atoms with E-state index in [0.717, 1.165) is 25.1 Å². The molecule has 2 N–H and O–H groups in total. The SMILES string of the molecule is CC1(C)CCNC1Cn1cncc(-c2ccc(C(F)(F)F)cc2O)c1=O. The van der Waals surface area contributed by atoms with Crippen LogP contribution in [0.2, 0.25) is 0 Å². The molecule has 0 saturated carbocycles. The number of phenols is 1. The third kappa shape index (κ3) is 3.46. The minimum absolute atomic E-state index is 0.0198. The van der Waals surface area contributed by atoms with Gasteiger partial charge in [-0.15, -0.1) is 0 Å². The molecule has 140 valence electrons. The first-order valence-electron chi connectivity index (χ1n) is 8.28. The predicted octanol–water partition coefficient (Wildman–Crippen LogP) is 3.02. The summed E-state index contributed by atoms with van der Waals surface area (Å²) in [5.41, 5.74) is -1.26. The highest BCUT2D eigenvalue weighted by Gasteiger charge is 2.35. The molecule has 0 radical (unpaired) electrons. The Morgan fingerprint density at radius 3 is 2.65 bits per heavy atom. The van der Waals surface area contributed by atoms with Crippen LogP contribution in [0.3, 0.4) is 0 Å². The lowest BCUT2D eigenvalue weighted by Crippen LogP contribution is -2.39. The van der Waals surface area contributed by atoms with Crippen LogP contribution in [-0.2, 0) is 12.7 Å². The van der Waals surface area contributed by atoms with Gasteiger partial charge in [0.1, 0.15) is 5.75 Å². The molecule has 5 nitrogen and oxygen atoms in total. The Labute approximate surface area is 148 Å². The van der Waals surface area contributed by atoms with Crippen molar-refractivity contribution in [1.82, 2.24) is 14.9 Å². The largest absolute Gasteiger partial charge is 0.507 e. The van der Waals surface area contributed by atoms with Crippen LogP contribution in [0.4, 0.5) is 13.2 Å². The van der Waals surface area contributed by atoms with Gasteiger partial charge < -0.3 is 10.4 Å². The van der Waals surface area contributed by atoms with Crippen molar-refractivity contribution in [2.24, 2.45) is 5.41 Å². The molecule has 0 spiro atoms. The van der Waals surface area contributed by atoms with Gasteiger partial charge in [-0.3, -0.25) is 9.36 Å². The van der Waals surface area contributed by atoms with Crippen molar-refractivity contribution < 1.29 is 18.3 Å². The number of phenolic OH excluding ortho intramolecular Hbond substituents is 1. The van der Waals surface area contributed by atoms with Crippen LogP contribution >= 0.6 is 0 Å². The number of benzene rings is 1. The summed E-state index contributed by atoms with van der Waals surface area (Å²) >= 11 is 0. The van der Waals surface area contributed by atoms with Gasteiger partial charge in [-0.1, -0.05) is 13.8 Å². The first-order valence-corrected chi connectivity index (χ1v) is 8.28. The van der Waals surface area contributed by atoms with E-state index in [1.807, 2.05) is 0 Å². The summed E-state index contributed by atoms with van der Waals surface area (Å²) in [6.45, 7) is 5.48. The predicted molar refractivity (Wildman–Crippen MR) is 90.8 cm³/mol. The molecule has 1 aromatic carbocycles. The lowest BCUT2D eigenvalue weighted by molar-refractivity contribution is -0.137. The maximum atomic E-state index is 12.8. The number of aromatic hydroxyl groups is 1. The Morgan fingerprint density at radius 1 is 1.35 bits per heavy atom. The van der Waals surface area contributed by atoms with Gasteiger partial charge in [0.05, 0.1) is 17.5 Å². The summed E-state index contributed by atoms with van der Waals surface area (Å²) in [5.74, 6) is -0.601. The summed E-state index contributed by atoms with van der Waals surface area (Å²) < 4.78 is 39.7. The van der Waals surface area contributed by atoms with E-state index in [9.17, 15) is 23.1 Å². The molecule has 26 heavy (non-hydrogen) atoms. The van der Waals surface area contributed by atoms with Gasteiger partial charge in [-0.2, -0.15) is 13.2 Å². The Balaban J connectivity index is 1.96. The van der Waals surface area contributed by atoms with Gasteiger partial charge >= 0.3 is 6.18 Å². The molecule has 3 rings (SSSR count). The molecule has 0 amide bonds. The molecule has 1 aliphatic rings. The van der Waals surface area contributed by atoms with Crippen molar-refractivity contribution in [1.29, 1.82) is 0 Å². The number of hydrogen-bond acceptors (Lipinski definition) is 4. The average molecular weight is 367 g/mol. The summed E-state index contributed by atoms with van der Waals surface area (Å²) in [7, 11) is 0. The van der Waals surface area contributed by atoms with Gasteiger partial charge in [-0.25, -0.2) is 4.98 Å². The zero-order valence-electron chi connectivity index (χ0n) is 14.5. The van der Waals surface area contributed by atoms with Gasteiger partial charge in [0, 0.05) is 24.3 Å². The van der Waals surface area contributed by atoms with Crippen LogP contribution in [0, 0.1) is 5.41 Å². The topological polar surface area (TPSA) is 67.2 Å². The fourth-order valence-electron chi connectivity index (χ4n) is 3.23. The van der Waals surface area contributed by atoms with E-state index in [1.165, 1.54) is 17.1 Å². The van der Waals surface area contributed by atoms with Crippen LogP contribution in [0.1, 0.15) is 25.8 Å². The number of halogens is 3. The van der Waals surface area contributed by atoms with E-state index in [1.54, 1.807) is 0 Å². The zero-order chi connectivity index (χ0) is 19.1. The molecule has 1 fully saturated rings. The first-order chi connectivity index (χ1) is 12.1. The molecule has 2 aromatic rings. The van der Waals surface area contributed by atoms with Crippen LogP contribution in [0.5, 0.6) is 5.75 Å². The van der Waals surface area contributed by atoms with Crippen molar-refractivity contribution in [3.05, 3.63) is 46.6 Å². The summed E-state index contributed by atoms with van der Waals surface area (Å²) in [4.78, 5) is 16.8. The second kappa shape index (κ2) is 6.42. The summed E-state index contributed by atoms with van der Waals surface area (Å²) in [6.07, 6.45) is -0.915. The second-order valence-electron chi connectivity index (χ2n) is 7.24. The minimum Gasteiger partial charge on any atom is -0.507 e. The van der Waals surface area contributed by atoms with E-state index in [0.29, 0.717) is 12.6 Å². The molecule has 1 saturated heterocycles.